The molecule has 0 aliphatic carbocycles. The monoisotopic (exact) mass is 354 g/mol. The van der Waals surface area contributed by atoms with Gasteiger partial charge in [0.25, 0.3) is 5.91 Å². The molecule has 6 heteroatoms. The maximum Gasteiger partial charge on any atom is 0.255 e. The molecule has 0 aromatic heterocycles. The van der Waals surface area contributed by atoms with Crippen LogP contribution in [0.4, 0.5) is 5.69 Å². The summed E-state index contributed by atoms with van der Waals surface area (Å²) in [5.74, 6) is 0.953. The second-order valence-electron chi connectivity index (χ2n) is 6.23. The lowest BCUT2D eigenvalue weighted by atomic mass is 10.1. The summed E-state index contributed by atoms with van der Waals surface area (Å²) in [5, 5.41) is 2.96. The van der Waals surface area contributed by atoms with Crippen LogP contribution in [0.3, 0.4) is 0 Å². The summed E-state index contributed by atoms with van der Waals surface area (Å²) in [6.07, 6.45) is 0.261. The van der Waals surface area contributed by atoms with Crippen LogP contribution in [0.15, 0.2) is 42.5 Å². The third kappa shape index (κ3) is 3.49. The van der Waals surface area contributed by atoms with Crippen LogP contribution in [0.2, 0.25) is 0 Å². The molecule has 0 radical (unpaired) electrons. The number of hydrogen-bond acceptors (Lipinski definition) is 4. The molecule has 1 fully saturated rings. The minimum absolute atomic E-state index is 0.0275. The van der Waals surface area contributed by atoms with Crippen LogP contribution in [-0.4, -0.2) is 38.6 Å². The van der Waals surface area contributed by atoms with Crippen molar-refractivity contribution in [1.29, 1.82) is 0 Å². The molecule has 1 atom stereocenters. The lowest BCUT2D eigenvalue weighted by Gasteiger charge is -2.18. The maximum atomic E-state index is 12.7. The van der Waals surface area contributed by atoms with Gasteiger partial charge in [-0.15, -0.1) is 0 Å². The first kappa shape index (κ1) is 17.8. The molecule has 26 heavy (non-hydrogen) atoms. The molecule has 1 heterocycles. The molecular weight excluding hydrogens is 332 g/mol. The average molecular weight is 354 g/mol. The normalized spacial score (nSPS) is 16.5. The second-order valence-corrected chi connectivity index (χ2v) is 6.23. The minimum Gasteiger partial charge on any atom is -0.497 e. The first-order valence-corrected chi connectivity index (χ1v) is 8.42. The Labute approximate surface area is 152 Å². The Bertz CT molecular complexity index is 834. The lowest BCUT2D eigenvalue weighted by Crippen LogP contribution is -2.37. The number of aryl methyl sites for hydroxylation is 1. The van der Waals surface area contributed by atoms with Gasteiger partial charge in [-0.2, -0.15) is 0 Å². The van der Waals surface area contributed by atoms with Crippen molar-refractivity contribution in [3.8, 4) is 11.5 Å². The Morgan fingerprint density at radius 1 is 1.15 bits per heavy atom. The van der Waals surface area contributed by atoms with Gasteiger partial charge in [0, 0.05) is 24.7 Å². The van der Waals surface area contributed by atoms with Gasteiger partial charge in [-0.25, -0.2) is 0 Å². The zero-order valence-corrected chi connectivity index (χ0v) is 15.1. The van der Waals surface area contributed by atoms with Crippen LogP contribution in [0, 0.1) is 6.92 Å². The van der Waals surface area contributed by atoms with Crippen molar-refractivity contribution in [2.75, 3.05) is 25.7 Å². The summed E-state index contributed by atoms with van der Waals surface area (Å²) in [4.78, 5) is 26.8. The van der Waals surface area contributed by atoms with Gasteiger partial charge in [-0.1, -0.05) is 18.2 Å². The van der Waals surface area contributed by atoms with Gasteiger partial charge in [0.15, 0.2) is 0 Å². The number of benzene rings is 2. The summed E-state index contributed by atoms with van der Waals surface area (Å²) < 4.78 is 10.5. The first-order valence-electron chi connectivity index (χ1n) is 8.42. The highest BCUT2D eigenvalue weighted by molar-refractivity contribution is 6.01. The third-order valence-corrected chi connectivity index (χ3v) is 4.51. The van der Waals surface area contributed by atoms with Crippen molar-refractivity contribution in [2.24, 2.45) is 0 Å². The molecule has 1 N–H and O–H groups in total. The smallest absolute Gasteiger partial charge is 0.255 e. The van der Waals surface area contributed by atoms with Gasteiger partial charge in [0.2, 0.25) is 5.91 Å². The first-order chi connectivity index (χ1) is 12.5. The number of carbonyl (C=O) groups is 2. The average Bonchev–Trinajstić information content (AvgIpc) is 3.01. The third-order valence-electron chi connectivity index (χ3n) is 4.51. The summed E-state index contributed by atoms with van der Waals surface area (Å²) in [6.45, 7) is 2.28. The van der Waals surface area contributed by atoms with Crippen molar-refractivity contribution in [2.45, 2.75) is 19.4 Å². The van der Waals surface area contributed by atoms with Gasteiger partial charge in [0.1, 0.15) is 11.5 Å². The van der Waals surface area contributed by atoms with Crippen LogP contribution >= 0.6 is 0 Å². The molecule has 3 rings (SSSR count). The fraction of sp³-hybridized carbons (Fsp3) is 0.300. The van der Waals surface area contributed by atoms with Crippen molar-refractivity contribution in [1.82, 2.24) is 5.32 Å². The SMILES string of the molecule is COc1cccc(N2CC(NC(=O)c3c(C)cccc3OC)CC2=O)c1. The van der Waals surface area contributed by atoms with Gasteiger partial charge in [0.05, 0.1) is 25.8 Å². The quantitative estimate of drug-likeness (QED) is 0.896. The summed E-state index contributed by atoms with van der Waals surface area (Å²) in [6, 6.07) is 12.5. The van der Waals surface area contributed by atoms with Gasteiger partial charge in [-0.3, -0.25) is 9.59 Å². The highest BCUT2D eigenvalue weighted by atomic mass is 16.5. The van der Waals surface area contributed by atoms with Crippen LogP contribution < -0.4 is 19.7 Å². The number of rotatable bonds is 5. The number of amides is 2. The number of carbonyl (C=O) groups excluding carboxylic acids is 2. The van der Waals surface area contributed by atoms with Crippen molar-refractivity contribution in [3.05, 3.63) is 53.6 Å². The molecule has 1 saturated heterocycles. The lowest BCUT2D eigenvalue weighted by molar-refractivity contribution is -0.117. The number of nitrogens with zero attached hydrogens (tertiary/aromatic N) is 1. The number of anilines is 1. The number of methoxy groups -OCH3 is 2. The van der Waals surface area contributed by atoms with E-state index < -0.39 is 0 Å². The molecule has 1 aliphatic heterocycles. The van der Waals surface area contributed by atoms with E-state index in [1.165, 1.54) is 7.11 Å². The van der Waals surface area contributed by atoms with E-state index in [-0.39, 0.29) is 24.3 Å². The standard InChI is InChI=1S/C20H22N2O4/c1-13-6-4-9-17(26-3)19(13)20(24)21-14-10-18(23)22(12-14)15-7-5-8-16(11-15)25-2/h4-9,11,14H,10,12H2,1-3H3,(H,21,24). The number of ether oxygens (including phenoxy) is 2. The molecule has 1 unspecified atom stereocenters. The summed E-state index contributed by atoms with van der Waals surface area (Å²) in [5.41, 5.74) is 2.10. The molecule has 0 spiro atoms. The molecule has 6 nitrogen and oxygen atoms in total. The minimum atomic E-state index is -0.259. The van der Waals surface area contributed by atoms with E-state index >= 15 is 0 Å². The van der Waals surface area contributed by atoms with E-state index in [9.17, 15) is 9.59 Å². The Morgan fingerprint density at radius 2 is 1.92 bits per heavy atom. The molecule has 2 aromatic carbocycles. The second kappa shape index (κ2) is 7.47. The highest BCUT2D eigenvalue weighted by Gasteiger charge is 2.32. The Hall–Kier alpha value is -3.02. The largest absolute Gasteiger partial charge is 0.497 e. The van der Waals surface area contributed by atoms with E-state index in [1.54, 1.807) is 18.1 Å². The maximum absolute atomic E-state index is 12.7. The van der Waals surface area contributed by atoms with Crippen molar-refractivity contribution < 1.29 is 19.1 Å². The fourth-order valence-electron chi connectivity index (χ4n) is 3.19. The predicted octanol–water partition coefficient (Wildman–Crippen LogP) is 2.55. The fourth-order valence-corrected chi connectivity index (χ4v) is 3.19. The van der Waals surface area contributed by atoms with E-state index in [1.807, 2.05) is 43.3 Å². The van der Waals surface area contributed by atoms with Crippen LogP contribution in [0.1, 0.15) is 22.3 Å². The molecule has 0 saturated carbocycles. The Kier molecular flexibility index (Phi) is 5.11. The van der Waals surface area contributed by atoms with E-state index in [0.717, 1.165) is 11.3 Å². The summed E-state index contributed by atoms with van der Waals surface area (Å²) in [7, 11) is 3.12. The zero-order chi connectivity index (χ0) is 18.7. The molecule has 0 bridgehead atoms. The molecule has 1 aliphatic rings. The molecule has 136 valence electrons. The zero-order valence-electron chi connectivity index (χ0n) is 15.1. The van der Waals surface area contributed by atoms with E-state index in [2.05, 4.69) is 5.32 Å². The van der Waals surface area contributed by atoms with Crippen LogP contribution in [0.25, 0.3) is 0 Å². The number of nitrogens with one attached hydrogen (secondary N) is 1. The van der Waals surface area contributed by atoms with Crippen LogP contribution in [0.5, 0.6) is 11.5 Å². The Morgan fingerprint density at radius 3 is 2.65 bits per heavy atom. The predicted molar refractivity (Wildman–Crippen MR) is 98.9 cm³/mol. The van der Waals surface area contributed by atoms with Gasteiger partial charge < -0.3 is 19.7 Å². The van der Waals surface area contributed by atoms with Gasteiger partial charge >= 0.3 is 0 Å². The van der Waals surface area contributed by atoms with Crippen molar-refractivity contribution >= 4 is 17.5 Å². The molecule has 2 amide bonds. The van der Waals surface area contributed by atoms with Crippen molar-refractivity contribution in [3.63, 3.8) is 0 Å². The van der Waals surface area contributed by atoms with Crippen LogP contribution in [-0.2, 0) is 4.79 Å². The molecular formula is C20H22N2O4. The Balaban J connectivity index is 1.74. The van der Waals surface area contributed by atoms with E-state index in [4.69, 9.17) is 9.47 Å². The number of hydrogen-bond donors (Lipinski definition) is 1. The molecule has 2 aromatic rings. The van der Waals surface area contributed by atoms with E-state index in [0.29, 0.717) is 23.6 Å². The topological polar surface area (TPSA) is 67.9 Å². The summed E-state index contributed by atoms with van der Waals surface area (Å²) >= 11 is 0. The van der Waals surface area contributed by atoms with Gasteiger partial charge in [-0.05, 0) is 30.7 Å². The highest BCUT2D eigenvalue weighted by Crippen LogP contribution is 2.26.